The van der Waals surface area contributed by atoms with Gasteiger partial charge in [-0.3, -0.25) is 4.79 Å². The fraction of sp³-hybridized carbons (Fsp3) is 0.350. The average molecular weight is 406 g/mol. The van der Waals surface area contributed by atoms with Crippen LogP contribution in [0.3, 0.4) is 0 Å². The van der Waals surface area contributed by atoms with Crippen LogP contribution in [0.25, 0.3) is 0 Å². The van der Waals surface area contributed by atoms with Gasteiger partial charge in [-0.2, -0.15) is 0 Å². The molecule has 28 heavy (non-hydrogen) atoms. The van der Waals surface area contributed by atoms with Crippen LogP contribution in [0.4, 0.5) is 11.4 Å². The summed E-state index contributed by atoms with van der Waals surface area (Å²) in [5.41, 5.74) is 2.98. The molecule has 0 aliphatic heterocycles. The van der Waals surface area contributed by atoms with E-state index in [1.54, 1.807) is 20.1 Å². The zero-order valence-corrected chi connectivity index (χ0v) is 17.8. The summed E-state index contributed by atoms with van der Waals surface area (Å²) >= 11 is 0. The first-order chi connectivity index (χ1) is 13.1. The van der Waals surface area contributed by atoms with Crippen LogP contribution in [-0.4, -0.2) is 45.9 Å². The van der Waals surface area contributed by atoms with Gasteiger partial charge in [-0.05, 0) is 56.2 Å². The van der Waals surface area contributed by atoms with Crippen LogP contribution in [-0.2, 0) is 14.8 Å². The Morgan fingerprint density at radius 1 is 1.07 bits per heavy atom. The van der Waals surface area contributed by atoms with Crippen molar-refractivity contribution in [2.75, 3.05) is 31.8 Å². The van der Waals surface area contributed by atoms with Crippen molar-refractivity contribution in [2.45, 2.75) is 31.7 Å². The molecule has 1 amide bonds. The van der Waals surface area contributed by atoms with Crippen molar-refractivity contribution in [3.8, 4) is 5.75 Å². The van der Waals surface area contributed by atoms with Crippen LogP contribution >= 0.6 is 0 Å². The maximum absolute atomic E-state index is 12.7. The Morgan fingerprint density at radius 3 is 2.36 bits per heavy atom. The van der Waals surface area contributed by atoms with E-state index in [0.717, 1.165) is 15.4 Å². The summed E-state index contributed by atoms with van der Waals surface area (Å²) in [5.74, 6) is 0.353. The molecule has 2 rings (SSSR count). The van der Waals surface area contributed by atoms with Crippen LogP contribution in [0.2, 0.25) is 0 Å². The van der Waals surface area contributed by atoms with E-state index in [0.29, 0.717) is 17.1 Å². The third-order valence-corrected chi connectivity index (χ3v) is 6.18. The Labute approximate surface area is 166 Å². The van der Waals surface area contributed by atoms with Gasteiger partial charge in [-0.25, -0.2) is 12.7 Å². The molecular weight excluding hydrogens is 378 g/mol. The Morgan fingerprint density at radius 2 is 1.75 bits per heavy atom. The van der Waals surface area contributed by atoms with E-state index in [4.69, 9.17) is 4.74 Å². The molecule has 152 valence electrons. The van der Waals surface area contributed by atoms with Gasteiger partial charge >= 0.3 is 0 Å². The molecule has 0 unspecified atom stereocenters. The predicted molar refractivity (Wildman–Crippen MR) is 111 cm³/mol. The van der Waals surface area contributed by atoms with Gasteiger partial charge in [0.2, 0.25) is 15.9 Å². The van der Waals surface area contributed by atoms with Gasteiger partial charge in [0.15, 0.2) is 0 Å². The highest BCUT2D eigenvalue weighted by Gasteiger charge is 2.20. The summed E-state index contributed by atoms with van der Waals surface area (Å²) < 4.78 is 31.2. The lowest BCUT2D eigenvalue weighted by Gasteiger charge is -2.19. The van der Waals surface area contributed by atoms with Gasteiger partial charge in [0.25, 0.3) is 0 Å². The predicted octanol–water partition coefficient (Wildman–Crippen LogP) is 3.00. The number of nitrogens with zero attached hydrogens (tertiary/aromatic N) is 1. The molecule has 0 fully saturated rings. The summed E-state index contributed by atoms with van der Waals surface area (Å²) in [6.07, 6.45) is 0. The molecule has 7 nitrogen and oxygen atoms in total. The number of nitrogens with one attached hydrogen (secondary N) is 2. The van der Waals surface area contributed by atoms with Crippen molar-refractivity contribution in [3.05, 3.63) is 47.5 Å². The molecule has 8 heteroatoms. The third kappa shape index (κ3) is 4.82. The van der Waals surface area contributed by atoms with E-state index >= 15 is 0 Å². The van der Waals surface area contributed by atoms with Crippen LogP contribution in [0.5, 0.6) is 5.75 Å². The number of carbonyl (C=O) groups excluding carboxylic acids is 1. The van der Waals surface area contributed by atoms with E-state index in [-0.39, 0.29) is 10.8 Å². The van der Waals surface area contributed by atoms with Gasteiger partial charge in [0, 0.05) is 19.8 Å². The van der Waals surface area contributed by atoms with Crippen LogP contribution < -0.4 is 15.4 Å². The normalized spacial score (nSPS) is 12.5. The number of hydrogen-bond acceptors (Lipinski definition) is 5. The topological polar surface area (TPSA) is 87.7 Å². The molecular formula is C20H27N3O4S. The molecule has 0 spiro atoms. The smallest absolute Gasteiger partial charge is 0.246 e. The Bertz CT molecular complexity index is 971. The molecule has 0 saturated heterocycles. The molecule has 0 aliphatic rings. The molecule has 0 heterocycles. The number of benzene rings is 2. The van der Waals surface area contributed by atoms with E-state index in [2.05, 4.69) is 10.6 Å². The highest BCUT2D eigenvalue weighted by Crippen LogP contribution is 2.26. The molecule has 2 aromatic rings. The number of sulfonamides is 1. The summed E-state index contributed by atoms with van der Waals surface area (Å²) in [4.78, 5) is 12.8. The first-order valence-corrected chi connectivity index (χ1v) is 10.3. The summed E-state index contributed by atoms with van der Waals surface area (Å²) in [5, 5.41) is 5.95. The minimum absolute atomic E-state index is 0.124. The number of carbonyl (C=O) groups is 1. The number of ether oxygens (including phenoxy) is 1. The standard InChI is InChI=1S/C20H27N3O4S/c1-13-7-10-19(27-6)18(11-13)21-15(3)20(24)22-17-12-16(9-8-14(17)2)28(25,26)23(4)5/h7-12,15,21H,1-6H3,(H,22,24)/t15-/m1/s1. The zero-order valence-electron chi connectivity index (χ0n) is 17.0. The van der Waals surface area contributed by atoms with Gasteiger partial charge in [0.1, 0.15) is 11.8 Å². The quantitative estimate of drug-likeness (QED) is 0.739. The number of anilines is 2. The van der Waals surface area contributed by atoms with Gasteiger partial charge < -0.3 is 15.4 Å². The average Bonchev–Trinajstić information content (AvgIpc) is 2.63. The lowest BCUT2D eigenvalue weighted by Crippen LogP contribution is -2.32. The molecule has 2 aromatic carbocycles. The van der Waals surface area contributed by atoms with Gasteiger partial charge in [-0.1, -0.05) is 12.1 Å². The lowest BCUT2D eigenvalue weighted by molar-refractivity contribution is -0.116. The van der Waals surface area contributed by atoms with Crippen LogP contribution in [0.15, 0.2) is 41.3 Å². The van der Waals surface area contributed by atoms with E-state index in [1.807, 2.05) is 32.0 Å². The Kier molecular flexibility index (Phi) is 6.69. The maximum atomic E-state index is 12.7. The number of hydrogen-bond donors (Lipinski definition) is 2. The lowest BCUT2D eigenvalue weighted by atomic mass is 10.1. The highest BCUT2D eigenvalue weighted by atomic mass is 32.2. The van der Waals surface area contributed by atoms with Gasteiger partial charge in [-0.15, -0.1) is 0 Å². The van der Waals surface area contributed by atoms with Crippen LogP contribution in [0.1, 0.15) is 18.1 Å². The Hall–Kier alpha value is -2.58. The molecule has 0 saturated carbocycles. The molecule has 2 N–H and O–H groups in total. The monoisotopic (exact) mass is 405 g/mol. The SMILES string of the molecule is COc1ccc(C)cc1N[C@H](C)C(=O)Nc1cc(S(=O)(=O)N(C)C)ccc1C. The molecule has 0 aromatic heterocycles. The summed E-state index contributed by atoms with van der Waals surface area (Å²) in [6.45, 7) is 5.49. The minimum Gasteiger partial charge on any atom is -0.495 e. The van der Waals surface area contributed by atoms with Gasteiger partial charge in [0.05, 0.1) is 17.7 Å². The second-order valence-corrected chi connectivity index (χ2v) is 8.98. The Balaban J connectivity index is 2.22. The van der Waals surface area contributed by atoms with Crippen molar-refractivity contribution in [1.29, 1.82) is 0 Å². The third-order valence-electron chi connectivity index (χ3n) is 4.37. The fourth-order valence-electron chi connectivity index (χ4n) is 2.58. The molecule has 1 atom stereocenters. The van der Waals surface area contributed by atoms with Crippen molar-refractivity contribution < 1.29 is 17.9 Å². The van der Waals surface area contributed by atoms with E-state index in [1.165, 1.54) is 26.2 Å². The van der Waals surface area contributed by atoms with Crippen molar-refractivity contribution in [1.82, 2.24) is 4.31 Å². The van der Waals surface area contributed by atoms with Crippen molar-refractivity contribution in [3.63, 3.8) is 0 Å². The summed E-state index contributed by atoms with van der Waals surface area (Å²) in [7, 11) is 0.919. The summed E-state index contributed by atoms with van der Waals surface area (Å²) in [6, 6.07) is 9.77. The maximum Gasteiger partial charge on any atom is 0.246 e. The number of amides is 1. The minimum atomic E-state index is -3.58. The second kappa shape index (κ2) is 8.62. The first-order valence-electron chi connectivity index (χ1n) is 8.81. The largest absolute Gasteiger partial charge is 0.495 e. The molecule has 0 aliphatic carbocycles. The highest BCUT2D eigenvalue weighted by molar-refractivity contribution is 7.89. The number of aryl methyl sites for hydroxylation is 2. The second-order valence-electron chi connectivity index (χ2n) is 6.82. The zero-order chi connectivity index (χ0) is 21.1. The van der Waals surface area contributed by atoms with Crippen molar-refractivity contribution in [2.24, 2.45) is 0 Å². The first kappa shape index (κ1) is 21.7. The van der Waals surface area contributed by atoms with Crippen LogP contribution in [0, 0.1) is 13.8 Å². The molecule has 0 bridgehead atoms. The fourth-order valence-corrected chi connectivity index (χ4v) is 3.51. The molecule has 0 radical (unpaired) electrons. The van der Waals surface area contributed by atoms with E-state index in [9.17, 15) is 13.2 Å². The van der Waals surface area contributed by atoms with Crippen molar-refractivity contribution >= 4 is 27.3 Å². The number of methoxy groups -OCH3 is 1. The number of rotatable bonds is 7. The van der Waals surface area contributed by atoms with E-state index < -0.39 is 16.1 Å².